The van der Waals surface area contributed by atoms with Gasteiger partial charge in [0.15, 0.2) is 17.3 Å². The normalized spacial score (nSPS) is 18.9. The number of nitrogens with one attached hydrogen (secondary N) is 1. The van der Waals surface area contributed by atoms with Crippen molar-refractivity contribution >= 4 is 23.3 Å². The number of ketones is 3. The SMILES string of the molecule is CC(=O)c1c(O)c(C)c(O)c2c1OC1=CC(=O)/C(=C(/C)NCCCCCCCCN)C(=O)[C@@]12C.O=C(O)C(F)(F)F. The predicted octanol–water partition coefficient (Wildman–Crippen LogP) is 4.09. The van der Waals surface area contributed by atoms with Crippen molar-refractivity contribution in [3.8, 4) is 17.2 Å². The first-order valence-electron chi connectivity index (χ1n) is 13.1. The van der Waals surface area contributed by atoms with Crippen molar-refractivity contribution in [2.75, 3.05) is 13.1 Å². The van der Waals surface area contributed by atoms with E-state index in [9.17, 15) is 37.8 Å². The van der Waals surface area contributed by atoms with Crippen LogP contribution in [0, 0.1) is 6.92 Å². The van der Waals surface area contributed by atoms with Gasteiger partial charge in [-0.2, -0.15) is 13.2 Å². The van der Waals surface area contributed by atoms with Crippen LogP contribution in [0.1, 0.15) is 80.8 Å². The molecule has 0 radical (unpaired) electrons. The number of benzene rings is 1. The maximum atomic E-state index is 13.7. The number of carboxylic acids is 1. The largest absolute Gasteiger partial charge is 0.507 e. The number of carbonyl (C=O) groups is 4. The molecule has 0 spiro atoms. The highest BCUT2D eigenvalue weighted by Crippen LogP contribution is 2.57. The number of alkyl halides is 3. The number of nitrogens with two attached hydrogens (primary N) is 1. The van der Waals surface area contributed by atoms with Crippen LogP contribution in [-0.2, 0) is 19.8 Å². The number of hydrogen-bond acceptors (Lipinski definition) is 9. The van der Waals surface area contributed by atoms with Crippen LogP contribution >= 0.6 is 0 Å². The molecule has 0 unspecified atom stereocenters. The summed E-state index contributed by atoms with van der Waals surface area (Å²) in [5.74, 6) is -5.02. The van der Waals surface area contributed by atoms with E-state index in [0.29, 0.717) is 12.2 Å². The number of phenolic OH excluding ortho intramolecular Hbond substituents is 2. The molecule has 1 aromatic rings. The van der Waals surface area contributed by atoms with E-state index < -0.39 is 40.7 Å². The molecule has 0 saturated heterocycles. The number of ether oxygens (including phenoxy) is 1. The zero-order valence-corrected chi connectivity index (χ0v) is 23.3. The van der Waals surface area contributed by atoms with Crippen LogP contribution in [0.2, 0.25) is 0 Å². The number of allylic oxidation sites excluding steroid dienone is 4. The average Bonchev–Trinajstić information content (AvgIpc) is 3.16. The molecular weight excluding hydrogens is 549 g/mol. The molecule has 0 amide bonds. The van der Waals surface area contributed by atoms with E-state index in [2.05, 4.69) is 5.32 Å². The Kier molecular flexibility index (Phi) is 10.7. The Morgan fingerprint density at radius 3 is 2.07 bits per heavy atom. The first kappa shape index (κ1) is 33.3. The molecule has 13 heteroatoms. The van der Waals surface area contributed by atoms with E-state index in [1.807, 2.05) is 0 Å². The Hall–Kier alpha value is -3.87. The molecule has 0 saturated carbocycles. The van der Waals surface area contributed by atoms with Crippen molar-refractivity contribution < 1.29 is 52.4 Å². The molecule has 226 valence electrons. The van der Waals surface area contributed by atoms with E-state index in [1.54, 1.807) is 13.8 Å². The number of aromatic hydroxyl groups is 2. The van der Waals surface area contributed by atoms with Gasteiger partial charge in [0.2, 0.25) is 0 Å². The molecule has 0 fully saturated rings. The zero-order chi connectivity index (χ0) is 31.3. The topological polar surface area (TPSA) is 176 Å². The zero-order valence-electron chi connectivity index (χ0n) is 23.3. The number of carbonyl (C=O) groups excluding carboxylic acids is 3. The van der Waals surface area contributed by atoms with E-state index in [-0.39, 0.29) is 39.5 Å². The lowest BCUT2D eigenvalue weighted by Crippen LogP contribution is -2.41. The van der Waals surface area contributed by atoms with Gasteiger partial charge >= 0.3 is 12.1 Å². The molecular formula is C28H35F3N2O8. The summed E-state index contributed by atoms with van der Waals surface area (Å²) in [7, 11) is 0. The molecule has 6 N–H and O–H groups in total. The fourth-order valence-corrected chi connectivity index (χ4v) is 4.70. The summed E-state index contributed by atoms with van der Waals surface area (Å²) >= 11 is 0. The third-order valence-electron chi connectivity index (χ3n) is 7.02. The van der Waals surface area contributed by atoms with Gasteiger partial charge < -0.3 is 31.1 Å². The van der Waals surface area contributed by atoms with Gasteiger partial charge in [0.1, 0.15) is 34.0 Å². The van der Waals surface area contributed by atoms with Gasteiger partial charge in [-0.3, -0.25) is 14.4 Å². The molecule has 0 bridgehead atoms. The van der Waals surface area contributed by atoms with Crippen molar-refractivity contribution in [3.05, 3.63) is 39.8 Å². The van der Waals surface area contributed by atoms with Crippen LogP contribution in [0.4, 0.5) is 13.2 Å². The molecule has 2 aliphatic rings. The number of carboxylic acid groups (broad SMARTS) is 1. The summed E-state index contributed by atoms with van der Waals surface area (Å²) in [6.07, 6.45) is 2.50. The Balaban J connectivity index is 0.000000745. The second-order valence-corrected chi connectivity index (χ2v) is 10.0. The minimum atomic E-state index is -5.08. The third-order valence-corrected chi connectivity index (χ3v) is 7.02. The monoisotopic (exact) mass is 584 g/mol. The lowest BCUT2D eigenvalue weighted by molar-refractivity contribution is -0.192. The quantitative estimate of drug-likeness (QED) is 0.117. The van der Waals surface area contributed by atoms with Gasteiger partial charge in [0.25, 0.3) is 0 Å². The number of rotatable bonds is 10. The number of fused-ring (bicyclic) bond motifs is 3. The minimum absolute atomic E-state index is 0.000138. The number of hydrogen-bond donors (Lipinski definition) is 5. The highest BCUT2D eigenvalue weighted by atomic mass is 19.4. The average molecular weight is 585 g/mol. The summed E-state index contributed by atoms with van der Waals surface area (Å²) in [5, 5.41) is 31.6. The second-order valence-electron chi connectivity index (χ2n) is 10.0. The summed E-state index contributed by atoms with van der Waals surface area (Å²) in [4.78, 5) is 47.7. The summed E-state index contributed by atoms with van der Waals surface area (Å²) in [6.45, 7) is 7.32. The van der Waals surface area contributed by atoms with Gasteiger partial charge in [0.05, 0.1) is 11.1 Å². The smallest absolute Gasteiger partial charge is 0.490 e. The molecule has 41 heavy (non-hydrogen) atoms. The highest BCUT2D eigenvalue weighted by molar-refractivity contribution is 6.31. The number of aliphatic carboxylic acids is 1. The third kappa shape index (κ3) is 6.89. The molecule has 1 heterocycles. The van der Waals surface area contributed by atoms with Crippen LogP contribution in [-0.4, -0.2) is 57.9 Å². The van der Waals surface area contributed by atoms with Gasteiger partial charge in [0, 0.05) is 23.9 Å². The molecule has 1 atom stereocenters. The van der Waals surface area contributed by atoms with E-state index in [0.717, 1.165) is 45.1 Å². The van der Waals surface area contributed by atoms with E-state index >= 15 is 0 Å². The molecule has 10 nitrogen and oxygen atoms in total. The van der Waals surface area contributed by atoms with Crippen LogP contribution < -0.4 is 15.8 Å². The van der Waals surface area contributed by atoms with Crippen molar-refractivity contribution in [1.82, 2.24) is 5.32 Å². The Bertz CT molecular complexity index is 1300. The van der Waals surface area contributed by atoms with Crippen molar-refractivity contribution in [3.63, 3.8) is 0 Å². The maximum absolute atomic E-state index is 13.7. The summed E-state index contributed by atoms with van der Waals surface area (Å²) in [6, 6.07) is 0. The van der Waals surface area contributed by atoms with Crippen LogP contribution in [0.5, 0.6) is 17.2 Å². The van der Waals surface area contributed by atoms with Gasteiger partial charge in [-0.05, 0) is 47.1 Å². The van der Waals surface area contributed by atoms with Crippen LogP contribution in [0.25, 0.3) is 0 Å². The van der Waals surface area contributed by atoms with Crippen LogP contribution in [0.3, 0.4) is 0 Å². The lowest BCUT2D eigenvalue weighted by atomic mass is 9.70. The summed E-state index contributed by atoms with van der Waals surface area (Å²) < 4.78 is 37.5. The van der Waals surface area contributed by atoms with Crippen molar-refractivity contribution in [1.29, 1.82) is 0 Å². The fraction of sp³-hybridized carbons (Fsp3) is 0.500. The van der Waals surface area contributed by atoms with Crippen molar-refractivity contribution in [2.24, 2.45) is 5.73 Å². The van der Waals surface area contributed by atoms with E-state index in [4.69, 9.17) is 20.4 Å². The van der Waals surface area contributed by atoms with Gasteiger partial charge in [-0.1, -0.05) is 25.7 Å². The molecule has 0 aromatic heterocycles. The molecule has 1 aliphatic heterocycles. The van der Waals surface area contributed by atoms with Gasteiger partial charge in [-0.15, -0.1) is 0 Å². The fourth-order valence-electron chi connectivity index (χ4n) is 4.70. The number of halogens is 3. The first-order chi connectivity index (χ1) is 19.0. The van der Waals surface area contributed by atoms with E-state index in [1.165, 1.54) is 19.9 Å². The summed E-state index contributed by atoms with van der Waals surface area (Å²) in [5.41, 5.74) is 4.54. The standard InChI is InChI=1S/C26H34N2O6.C2HF3O2/c1-14-22(31)20(16(3)29)24-21(23(14)32)26(4)18(34-24)13-17(30)19(25(26)33)15(2)28-12-10-8-6-5-7-9-11-27;3-2(4,5)1(6)7/h13,28,31-32H,5-12,27H2,1-4H3;(H,6,7)/b19-15+;/t26-;/m0./s1. The highest BCUT2D eigenvalue weighted by Gasteiger charge is 2.56. The second kappa shape index (κ2) is 13.2. The Labute approximate surface area is 235 Å². The van der Waals surface area contributed by atoms with Crippen LogP contribution in [0.15, 0.2) is 23.1 Å². The maximum Gasteiger partial charge on any atom is 0.490 e. The number of Topliss-reactive ketones (excluding diaryl/α,β-unsaturated/α-hetero) is 2. The number of phenols is 2. The minimum Gasteiger partial charge on any atom is -0.507 e. The lowest BCUT2D eigenvalue weighted by Gasteiger charge is -2.29. The molecule has 3 rings (SSSR count). The first-order valence-corrected chi connectivity index (χ1v) is 13.1. The molecule has 1 aromatic carbocycles. The Morgan fingerprint density at radius 1 is 1.02 bits per heavy atom. The molecule has 1 aliphatic carbocycles. The predicted molar refractivity (Wildman–Crippen MR) is 142 cm³/mol. The Morgan fingerprint density at radius 2 is 1.56 bits per heavy atom. The number of unbranched alkanes of at least 4 members (excludes halogenated alkanes) is 5. The van der Waals surface area contributed by atoms with Gasteiger partial charge in [-0.25, -0.2) is 4.79 Å². The van der Waals surface area contributed by atoms with Crippen molar-refractivity contribution in [2.45, 2.75) is 77.8 Å².